The van der Waals surface area contributed by atoms with E-state index in [1.807, 2.05) is 0 Å². The van der Waals surface area contributed by atoms with Crippen LogP contribution in [-0.2, 0) is 18.9 Å². The van der Waals surface area contributed by atoms with Crippen LogP contribution in [0.5, 0.6) is 0 Å². The van der Waals surface area contributed by atoms with Crippen LogP contribution < -0.4 is 5.49 Å². The fourth-order valence-corrected chi connectivity index (χ4v) is 2.61. The highest BCUT2D eigenvalue weighted by Gasteiger charge is 2.36. The van der Waals surface area contributed by atoms with Crippen molar-refractivity contribution in [2.24, 2.45) is 10.9 Å². The van der Waals surface area contributed by atoms with Crippen LogP contribution in [0.3, 0.4) is 0 Å². The van der Waals surface area contributed by atoms with Crippen molar-refractivity contribution in [2.75, 3.05) is 0 Å². The van der Waals surface area contributed by atoms with Crippen molar-refractivity contribution in [3.63, 3.8) is 0 Å². The molecule has 1 amide bonds. The van der Waals surface area contributed by atoms with Gasteiger partial charge in [-0.05, 0) is 43.0 Å². The first-order chi connectivity index (χ1) is 13.0. The highest BCUT2D eigenvalue weighted by molar-refractivity contribution is 5.95. The Bertz CT molecular complexity index is 969. The summed E-state index contributed by atoms with van der Waals surface area (Å²) in [5.41, 5.74) is -3.67. The molecule has 1 aliphatic carbocycles. The number of alkyl halides is 6. The standard InChI is InChI=1S/C18H13F7N2O/c19-15-12(2-1-3-13(15)18(23,24)25)16(28)26-14-7-6-11(17(20,21)22)9-27(14)8-10-4-5-10/h1-3,6-7,9-10H,4-5,8H2. The van der Waals surface area contributed by atoms with Gasteiger partial charge < -0.3 is 4.57 Å². The predicted molar refractivity (Wildman–Crippen MR) is 83.5 cm³/mol. The smallest absolute Gasteiger partial charge is 0.332 e. The molecule has 1 heterocycles. The number of benzene rings is 1. The third-order valence-corrected chi connectivity index (χ3v) is 4.23. The lowest BCUT2D eigenvalue weighted by atomic mass is 10.1. The van der Waals surface area contributed by atoms with E-state index >= 15 is 0 Å². The van der Waals surface area contributed by atoms with Crippen LogP contribution in [-0.4, -0.2) is 10.5 Å². The van der Waals surface area contributed by atoms with E-state index in [1.165, 1.54) is 0 Å². The third-order valence-electron chi connectivity index (χ3n) is 4.23. The summed E-state index contributed by atoms with van der Waals surface area (Å²) in [5, 5.41) is 0. The molecule has 3 rings (SSSR count). The summed E-state index contributed by atoms with van der Waals surface area (Å²) in [6, 6.07) is 3.83. The molecule has 0 unspecified atom stereocenters. The van der Waals surface area contributed by atoms with Gasteiger partial charge in [0.1, 0.15) is 11.3 Å². The Kier molecular flexibility index (Phi) is 5.07. The Morgan fingerprint density at radius 2 is 1.71 bits per heavy atom. The molecule has 0 aliphatic heterocycles. The van der Waals surface area contributed by atoms with E-state index in [4.69, 9.17) is 0 Å². The van der Waals surface area contributed by atoms with Crippen LogP contribution in [0.2, 0.25) is 0 Å². The zero-order valence-electron chi connectivity index (χ0n) is 14.1. The Morgan fingerprint density at radius 3 is 2.29 bits per heavy atom. The lowest BCUT2D eigenvalue weighted by Crippen LogP contribution is -2.25. The first-order valence-electron chi connectivity index (χ1n) is 8.19. The van der Waals surface area contributed by atoms with Crippen LogP contribution >= 0.6 is 0 Å². The molecule has 10 heteroatoms. The summed E-state index contributed by atoms with van der Waals surface area (Å²) < 4.78 is 92.4. The summed E-state index contributed by atoms with van der Waals surface area (Å²) in [5.74, 6) is -2.96. The van der Waals surface area contributed by atoms with Gasteiger partial charge in [0.2, 0.25) is 0 Å². The van der Waals surface area contributed by atoms with Gasteiger partial charge in [-0.15, -0.1) is 0 Å². The van der Waals surface area contributed by atoms with Crippen LogP contribution in [0.25, 0.3) is 0 Å². The zero-order chi connectivity index (χ0) is 20.7. The van der Waals surface area contributed by atoms with Gasteiger partial charge in [-0.3, -0.25) is 4.79 Å². The lowest BCUT2D eigenvalue weighted by molar-refractivity contribution is -0.140. The molecule has 0 saturated heterocycles. The van der Waals surface area contributed by atoms with E-state index in [2.05, 4.69) is 4.99 Å². The highest BCUT2D eigenvalue weighted by atomic mass is 19.4. The van der Waals surface area contributed by atoms with Crippen LogP contribution in [0, 0.1) is 11.7 Å². The number of hydrogen-bond donors (Lipinski definition) is 0. The average Bonchev–Trinajstić information content (AvgIpc) is 3.38. The Labute approximate surface area is 154 Å². The molecule has 2 aromatic rings. The number of amides is 1. The first-order valence-corrected chi connectivity index (χ1v) is 8.19. The van der Waals surface area contributed by atoms with Crippen molar-refractivity contribution in [3.05, 3.63) is 64.5 Å². The number of hydrogen-bond acceptors (Lipinski definition) is 1. The molecule has 1 fully saturated rings. The Hall–Kier alpha value is -2.65. The van der Waals surface area contributed by atoms with Crippen LogP contribution in [0.1, 0.15) is 34.3 Å². The minimum atomic E-state index is -5.00. The average molecular weight is 406 g/mol. The van der Waals surface area contributed by atoms with Crippen molar-refractivity contribution in [1.82, 2.24) is 4.57 Å². The fraction of sp³-hybridized carbons (Fsp3) is 0.333. The van der Waals surface area contributed by atoms with E-state index in [0.29, 0.717) is 12.1 Å². The molecular formula is C18H13F7N2O. The number of carbonyl (C=O) groups is 1. The summed E-state index contributed by atoms with van der Waals surface area (Å²) in [4.78, 5) is 15.8. The normalized spacial score (nSPS) is 15.8. The number of rotatable bonds is 3. The highest BCUT2D eigenvalue weighted by Crippen LogP contribution is 2.33. The summed E-state index contributed by atoms with van der Waals surface area (Å²) in [6.45, 7) is 0.168. The maximum absolute atomic E-state index is 14.1. The maximum atomic E-state index is 14.1. The quantitative estimate of drug-likeness (QED) is 0.674. The van der Waals surface area contributed by atoms with Crippen LogP contribution in [0.4, 0.5) is 30.7 Å². The third kappa shape index (κ3) is 4.42. The molecule has 0 atom stereocenters. The van der Waals surface area contributed by atoms with Gasteiger partial charge in [0.25, 0.3) is 5.91 Å². The number of carbonyl (C=O) groups excluding carboxylic acids is 1. The van der Waals surface area contributed by atoms with E-state index < -0.39 is 40.8 Å². The van der Waals surface area contributed by atoms with Gasteiger partial charge in [0.05, 0.1) is 16.7 Å². The van der Waals surface area contributed by atoms with E-state index in [1.54, 1.807) is 0 Å². The topological polar surface area (TPSA) is 34.4 Å². The molecule has 0 spiro atoms. The van der Waals surface area contributed by atoms with E-state index in [9.17, 15) is 35.5 Å². The minimum Gasteiger partial charge on any atom is -0.332 e. The molecule has 3 nitrogen and oxygen atoms in total. The van der Waals surface area contributed by atoms with Crippen molar-refractivity contribution in [2.45, 2.75) is 31.7 Å². The molecule has 1 aromatic heterocycles. The van der Waals surface area contributed by atoms with Gasteiger partial charge in [-0.1, -0.05) is 6.07 Å². The second kappa shape index (κ2) is 7.06. The van der Waals surface area contributed by atoms with E-state index in [0.717, 1.165) is 41.8 Å². The zero-order valence-corrected chi connectivity index (χ0v) is 14.1. The predicted octanol–water partition coefficient (Wildman–Crippen LogP) is 4.82. The Morgan fingerprint density at radius 1 is 1.04 bits per heavy atom. The molecule has 28 heavy (non-hydrogen) atoms. The van der Waals surface area contributed by atoms with E-state index in [-0.39, 0.29) is 18.0 Å². The van der Waals surface area contributed by atoms with Gasteiger partial charge in [-0.2, -0.15) is 31.3 Å². The molecule has 1 aliphatic rings. The van der Waals surface area contributed by atoms with Crippen molar-refractivity contribution >= 4 is 5.91 Å². The van der Waals surface area contributed by atoms with Crippen molar-refractivity contribution < 1.29 is 35.5 Å². The SMILES string of the molecule is O=C(N=c1ccc(C(F)(F)F)cn1CC1CC1)c1cccc(C(F)(F)F)c1F. The number of aromatic nitrogens is 1. The van der Waals surface area contributed by atoms with Gasteiger partial charge in [-0.25, -0.2) is 4.39 Å². The molecule has 0 N–H and O–H groups in total. The van der Waals surface area contributed by atoms with Gasteiger partial charge in [0, 0.05) is 12.7 Å². The largest absolute Gasteiger partial charge is 0.419 e. The summed E-state index contributed by atoms with van der Waals surface area (Å²) in [7, 11) is 0. The first kappa shape index (κ1) is 20.1. The van der Waals surface area contributed by atoms with Gasteiger partial charge in [0.15, 0.2) is 0 Å². The minimum absolute atomic E-state index is 0.128. The molecule has 0 bridgehead atoms. The molecule has 0 radical (unpaired) electrons. The molecular weight excluding hydrogens is 393 g/mol. The monoisotopic (exact) mass is 406 g/mol. The van der Waals surface area contributed by atoms with Crippen molar-refractivity contribution in [3.8, 4) is 0 Å². The second-order valence-electron chi connectivity index (χ2n) is 6.45. The molecule has 150 valence electrons. The molecule has 1 aromatic carbocycles. The number of halogens is 7. The van der Waals surface area contributed by atoms with Crippen LogP contribution in [0.15, 0.2) is 41.5 Å². The summed E-state index contributed by atoms with van der Waals surface area (Å²) >= 11 is 0. The van der Waals surface area contributed by atoms with Gasteiger partial charge >= 0.3 is 12.4 Å². The lowest BCUT2D eigenvalue weighted by Gasteiger charge is -2.12. The number of pyridine rings is 1. The van der Waals surface area contributed by atoms with Crippen molar-refractivity contribution in [1.29, 1.82) is 0 Å². The fourth-order valence-electron chi connectivity index (χ4n) is 2.61. The maximum Gasteiger partial charge on any atom is 0.419 e. The Balaban J connectivity index is 2.04. The second-order valence-corrected chi connectivity index (χ2v) is 6.45. The molecule has 1 saturated carbocycles. The summed E-state index contributed by atoms with van der Waals surface area (Å²) in [6.07, 6.45) is -7.22. The number of nitrogens with zero attached hydrogens (tertiary/aromatic N) is 2.